The highest BCUT2D eigenvalue weighted by Crippen LogP contribution is 2.26. The van der Waals surface area contributed by atoms with Crippen LogP contribution in [0.15, 0.2) is 58.3 Å². The largest absolute Gasteiger partial charge is 0.379 e. The Labute approximate surface area is 198 Å². The zero-order valence-electron chi connectivity index (χ0n) is 17.8. The summed E-state index contributed by atoms with van der Waals surface area (Å²) >= 11 is 6.25. The van der Waals surface area contributed by atoms with Crippen LogP contribution in [0.1, 0.15) is 10.4 Å². The van der Waals surface area contributed by atoms with Crippen LogP contribution in [-0.4, -0.2) is 88.7 Å². The summed E-state index contributed by atoms with van der Waals surface area (Å²) in [4.78, 5) is 14.8. The van der Waals surface area contributed by atoms with Crippen LogP contribution in [0.5, 0.6) is 0 Å². The van der Waals surface area contributed by atoms with Crippen molar-refractivity contribution < 1.29 is 26.4 Å². The Morgan fingerprint density at radius 1 is 0.758 bits per heavy atom. The fourth-order valence-corrected chi connectivity index (χ4v) is 6.88. The van der Waals surface area contributed by atoms with Crippen molar-refractivity contribution in [3.63, 3.8) is 0 Å². The van der Waals surface area contributed by atoms with Crippen molar-refractivity contribution in [2.75, 3.05) is 52.5 Å². The van der Waals surface area contributed by atoms with Crippen molar-refractivity contribution in [2.45, 2.75) is 9.79 Å². The molecule has 0 spiro atoms. The molecule has 2 saturated heterocycles. The van der Waals surface area contributed by atoms with E-state index >= 15 is 0 Å². The standard InChI is InChI=1S/C21H24ClN3O6S2/c22-20-7-6-18(33(29,30)25-12-14-31-15-13-25)16-19(20)21(26)23-8-10-24(11-9-23)32(27,28)17-4-2-1-3-5-17/h1-7,16H,8-15H2. The summed E-state index contributed by atoms with van der Waals surface area (Å²) in [5.41, 5.74) is 0.0744. The molecule has 0 aliphatic carbocycles. The van der Waals surface area contributed by atoms with Gasteiger partial charge in [-0.2, -0.15) is 8.61 Å². The van der Waals surface area contributed by atoms with Crippen LogP contribution in [-0.2, 0) is 24.8 Å². The van der Waals surface area contributed by atoms with Gasteiger partial charge in [0.25, 0.3) is 5.91 Å². The quantitative estimate of drug-likeness (QED) is 0.600. The number of hydrogen-bond acceptors (Lipinski definition) is 6. The minimum absolute atomic E-state index is 0.0116. The zero-order valence-corrected chi connectivity index (χ0v) is 20.2. The molecule has 2 aliphatic rings. The third-order valence-electron chi connectivity index (χ3n) is 5.68. The molecule has 0 radical (unpaired) electrons. The van der Waals surface area contributed by atoms with Gasteiger partial charge < -0.3 is 9.64 Å². The van der Waals surface area contributed by atoms with E-state index in [-0.39, 0.29) is 59.6 Å². The van der Waals surface area contributed by atoms with Crippen molar-refractivity contribution in [1.29, 1.82) is 0 Å². The van der Waals surface area contributed by atoms with Crippen LogP contribution in [0.2, 0.25) is 5.02 Å². The molecule has 4 rings (SSSR count). The number of benzene rings is 2. The predicted molar refractivity (Wildman–Crippen MR) is 122 cm³/mol. The first-order valence-electron chi connectivity index (χ1n) is 10.4. The van der Waals surface area contributed by atoms with Crippen molar-refractivity contribution in [3.8, 4) is 0 Å². The Bertz CT molecular complexity index is 1220. The van der Waals surface area contributed by atoms with Crippen molar-refractivity contribution in [3.05, 3.63) is 59.1 Å². The third-order valence-corrected chi connectivity index (χ3v) is 9.82. The molecule has 0 saturated carbocycles. The van der Waals surface area contributed by atoms with Crippen molar-refractivity contribution >= 4 is 37.6 Å². The third kappa shape index (κ3) is 4.93. The van der Waals surface area contributed by atoms with Crippen molar-refractivity contribution in [2.24, 2.45) is 0 Å². The first-order chi connectivity index (χ1) is 15.7. The number of amides is 1. The minimum atomic E-state index is -3.79. The summed E-state index contributed by atoms with van der Waals surface area (Å²) in [6.07, 6.45) is 0. The highest BCUT2D eigenvalue weighted by Gasteiger charge is 2.32. The maximum atomic E-state index is 13.1. The molecule has 2 heterocycles. The van der Waals surface area contributed by atoms with Gasteiger partial charge in [-0.15, -0.1) is 0 Å². The average Bonchev–Trinajstić information content (AvgIpc) is 2.85. The average molecular weight is 514 g/mol. The summed E-state index contributed by atoms with van der Waals surface area (Å²) in [5, 5.41) is 0.139. The van der Waals surface area contributed by atoms with Gasteiger partial charge in [0.1, 0.15) is 0 Å². The van der Waals surface area contributed by atoms with E-state index in [9.17, 15) is 21.6 Å². The number of halogens is 1. The summed E-state index contributed by atoms with van der Waals surface area (Å²) < 4.78 is 59.4. The number of hydrogen-bond donors (Lipinski definition) is 0. The molecular formula is C21H24ClN3O6S2. The van der Waals surface area contributed by atoms with E-state index in [4.69, 9.17) is 16.3 Å². The minimum Gasteiger partial charge on any atom is -0.379 e. The van der Waals surface area contributed by atoms with Crippen LogP contribution < -0.4 is 0 Å². The number of piperazine rings is 1. The Hall–Kier alpha value is -2.02. The summed E-state index contributed by atoms with van der Waals surface area (Å²) in [6.45, 7) is 1.71. The summed E-state index contributed by atoms with van der Waals surface area (Å²) in [5.74, 6) is -0.434. The molecule has 2 fully saturated rings. The highest BCUT2D eigenvalue weighted by molar-refractivity contribution is 7.89. The molecule has 1 amide bonds. The first kappa shape index (κ1) is 24.1. The lowest BCUT2D eigenvalue weighted by molar-refractivity contribution is 0.0697. The van der Waals surface area contributed by atoms with E-state index in [1.54, 1.807) is 18.2 Å². The molecule has 9 nitrogen and oxygen atoms in total. The molecule has 0 aromatic heterocycles. The molecule has 178 valence electrons. The first-order valence-corrected chi connectivity index (χ1v) is 13.7. The van der Waals surface area contributed by atoms with Gasteiger partial charge in [0, 0.05) is 39.3 Å². The van der Waals surface area contributed by atoms with E-state index in [0.29, 0.717) is 13.2 Å². The van der Waals surface area contributed by atoms with Crippen LogP contribution in [0.25, 0.3) is 0 Å². The van der Waals surface area contributed by atoms with E-state index in [1.807, 2.05) is 0 Å². The Morgan fingerprint density at radius 3 is 1.97 bits per heavy atom. The van der Waals surface area contributed by atoms with Crippen LogP contribution in [0.3, 0.4) is 0 Å². The second-order valence-electron chi connectivity index (χ2n) is 7.67. The lowest BCUT2D eigenvalue weighted by Gasteiger charge is -2.34. The van der Waals surface area contributed by atoms with E-state index in [2.05, 4.69) is 0 Å². The molecule has 33 heavy (non-hydrogen) atoms. The Kier molecular flexibility index (Phi) is 7.08. The zero-order chi connectivity index (χ0) is 23.6. The lowest BCUT2D eigenvalue weighted by Crippen LogP contribution is -2.50. The highest BCUT2D eigenvalue weighted by atomic mass is 35.5. The maximum absolute atomic E-state index is 13.1. The Balaban J connectivity index is 1.49. The lowest BCUT2D eigenvalue weighted by atomic mass is 10.2. The fourth-order valence-electron chi connectivity index (χ4n) is 3.81. The second kappa shape index (κ2) is 9.69. The predicted octanol–water partition coefficient (Wildman–Crippen LogP) is 1.51. The molecular weight excluding hydrogens is 490 g/mol. The maximum Gasteiger partial charge on any atom is 0.255 e. The molecule has 0 N–H and O–H groups in total. The van der Waals surface area contributed by atoms with Gasteiger partial charge in [0.05, 0.1) is 33.6 Å². The van der Waals surface area contributed by atoms with Crippen LogP contribution >= 0.6 is 11.6 Å². The molecule has 12 heteroatoms. The van der Waals surface area contributed by atoms with Crippen molar-refractivity contribution in [1.82, 2.24) is 13.5 Å². The van der Waals surface area contributed by atoms with E-state index in [1.165, 1.54) is 43.8 Å². The van der Waals surface area contributed by atoms with Gasteiger partial charge in [-0.1, -0.05) is 29.8 Å². The number of rotatable bonds is 5. The number of carbonyl (C=O) groups excluding carboxylic acids is 1. The van der Waals surface area contributed by atoms with Crippen LogP contribution in [0, 0.1) is 0 Å². The number of nitrogens with zero attached hydrogens (tertiary/aromatic N) is 3. The van der Waals surface area contributed by atoms with Gasteiger partial charge in [-0.25, -0.2) is 16.8 Å². The van der Waals surface area contributed by atoms with Gasteiger partial charge in [0.15, 0.2) is 0 Å². The van der Waals surface area contributed by atoms with E-state index in [0.717, 1.165) is 0 Å². The molecule has 0 bridgehead atoms. The monoisotopic (exact) mass is 513 g/mol. The second-order valence-corrected chi connectivity index (χ2v) is 12.0. The number of morpholine rings is 1. The molecule has 0 atom stereocenters. The topological polar surface area (TPSA) is 104 Å². The smallest absolute Gasteiger partial charge is 0.255 e. The number of carbonyl (C=O) groups is 1. The molecule has 2 aromatic rings. The molecule has 2 aliphatic heterocycles. The normalized spacial score (nSPS) is 18.9. The molecule has 2 aromatic carbocycles. The summed E-state index contributed by atoms with van der Waals surface area (Å²) in [7, 11) is -7.44. The van der Waals surface area contributed by atoms with Crippen LogP contribution in [0.4, 0.5) is 0 Å². The number of sulfonamides is 2. The SMILES string of the molecule is O=C(c1cc(S(=O)(=O)N2CCOCC2)ccc1Cl)N1CCN(S(=O)(=O)c2ccccc2)CC1. The van der Waals surface area contributed by atoms with Gasteiger partial charge in [-0.3, -0.25) is 4.79 Å². The van der Waals surface area contributed by atoms with Gasteiger partial charge in [0.2, 0.25) is 20.0 Å². The van der Waals surface area contributed by atoms with Gasteiger partial charge in [-0.05, 0) is 30.3 Å². The summed E-state index contributed by atoms with van der Waals surface area (Å²) in [6, 6.07) is 12.2. The van der Waals surface area contributed by atoms with E-state index < -0.39 is 26.0 Å². The fraction of sp³-hybridized carbons (Fsp3) is 0.381. The Morgan fingerprint density at radius 2 is 1.33 bits per heavy atom. The number of ether oxygens (including phenoxy) is 1. The molecule has 0 unspecified atom stereocenters. The van der Waals surface area contributed by atoms with Gasteiger partial charge >= 0.3 is 0 Å².